The molecule has 0 saturated heterocycles. The fraction of sp³-hybridized carbons (Fsp3) is 0.182. The van der Waals surface area contributed by atoms with E-state index in [1.807, 2.05) is 12.1 Å². The van der Waals surface area contributed by atoms with E-state index in [0.29, 0.717) is 0 Å². The number of aryl methyl sites for hydroxylation is 1. The molecular formula is C11H14N4. The number of aromatic nitrogens is 2. The van der Waals surface area contributed by atoms with E-state index in [0.717, 1.165) is 11.4 Å². The highest BCUT2D eigenvalue weighted by atomic mass is 15.2. The topological polar surface area (TPSA) is 66.7 Å². The van der Waals surface area contributed by atoms with Gasteiger partial charge in [-0.15, -0.1) is 0 Å². The zero-order valence-corrected chi connectivity index (χ0v) is 8.57. The molecule has 0 aliphatic carbocycles. The van der Waals surface area contributed by atoms with Crippen molar-refractivity contribution in [2.75, 3.05) is 0 Å². The summed E-state index contributed by atoms with van der Waals surface area (Å²) in [7, 11) is 0. The molecule has 0 bridgehead atoms. The van der Waals surface area contributed by atoms with Crippen molar-refractivity contribution in [1.29, 1.82) is 0 Å². The van der Waals surface area contributed by atoms with Gasteiger partial charge in [0.1, 0.15) is 11.9 Å². The van der Waals surface area contributed by atoms with Crippen LogP contribution in [0, 0.1) is 6.92 Å². The predicted octanol–water partition coefficient (Wildman–Crippen LogP) is 1.27. The van der Waals surface area contributed by atoms with Gasteiger partial charge in [0, 0.05) is 12.4 Å². The summed E-state index contributed by atoms with van der Waals surface area (Å²) in [5.74, 6) is 6.36. The van der Waals surface area contributed by atoms with Crippen molar-refractivity contribution in [1.82, 2.24) is 15.4 Å². The molecular weight excluding hydrogens is 188 g/mol. The van der Waals surface area contributed by atoms with Crippen LogP contribution in [-0.4, -0.2) is 9.97 Å². The number of hydrazine groups is 1. The number of nitrogens with zero attached hydrogens (tertiary/aromatic N) is 1. The first-order valence-corrected chi connectivity index (χ1v) is 4.83. The van der Waals surface area contributed by atoms with Crippen LogP contribution < -0.4 is 11.3 Å². The minimum Gasteiger partial charge on any atom is -0.347 e. The van der Waals surface area contributed by atoms with E-state index < -0.39 is 0 Å². The Morgan fingerprint density at radius 3 is 2.93 bits per heavy atom. The molecule has 0 amide bonds. The molecule has 0 spiro atoms. The van der Waals surface area contributed by atoms with E-state index in [2.05, 4.69) is 34.5 Å². The van der Waals surface area contributed by atoms with Crippen LogP contribution in [0.3, 0.4) is 0 Å². The summed E-state index contributed by atoms with van der Waals surface area (Å²) in [6.07, 6.45) is 3.50. The third-order valence-electron chi connectivity index (χ3n) is 2.33. The molecule has 0 aliphatic rings. The smallest absolute Gasteiger partial charge is 0.129 e. The fourth-order valence-corrected chi connectivity index (χ4v) is 1.62. The first-order valence-electron chi connectivity index (χ1n) is 4.83. The number of H-pyrrole nitrogens is 1. The van der Waals surface area contributed by atoms with Crippen molar-refractivity contribution in [2.45, 2.75) is 13.0 Å². The summed E-state index contributed by atoms with van der Waals surface area (Å²) < 4.78 is 0. The second-order valence-electron chi connectivity index (χ2n) is 3.49. The average molecular weight is 202 g/mol. The molecule has 1 atom stereocenters. The maximum Gasteiger partial charge on any atom is 0.129 e. The molecule has 1 heterocycles. The molecule has 0 fully saturated rings. The number of nitrogens with one attached hydrogen (secondary N) is 2. The van der Waals surface area contributed by atoms with Crippen LogP contribution in [-0.2, 0) is 0 Å². The Morgan fingerprint density at radius 1 is 1.47 bits per heavy atom. The molecule has 2 rings (SSSR count). The normalized spacial score (nSPS) is 12.7. The van der Waals surface area contributed by atoms with Crippen molar-refractivity contribution >= 4 is 0 Å². The van der Waals surface area contributed by atoms with Crippen molar-refractivity contribution < 1.29 is 0 Å². The van der Waals surface area contributed by atoms with Crippen LogP contribution in [0.2, 0.25) is 0 Å². The molecule has 0 saturated carbocycles. The van der Waals surface area contributed by atoms with E-state index in [9.17, 15) is 0 Å². The van der Waals surface area contributed by atoms with Gasteiger partial charge in [0.25, 0.3) is 0 Å². The average Bonchev–Trinajstić information content (AvgIpc) is 2.72. The molecule has 2 aromatic rings. The quantitative estimate of drug-likeness (QED) is 0.518. The number of hydrogen-bond acceptors (Lipinski definition) is 3. The van der Waals surface area contributed by atoms with Crippen molar-refractivity contribution in [3.8, 4) is 0 Å². The van der Waals surface area contributed by atoms with E-state index in [1.54, 1.807) is 12.4 Å². The highest BCUT2D eigenvalue weighted by Crippen LogP contribution is 2.18. The van der Waals surface area contributed by atoms with Crippen LogP contribution in [0.15, 0.2) is 36.7 Å². The van der Waals surface area contributed by atoms with Crippen molar-refractivity contribution in [3.63, 3.8) is 0 Å². The monoisotopic (exact) mass is 202 g/mol. The van der Waals surface area contributed by atoms with Gasteiger partial charge in [-0.1, -0.05) is 29.8 Å². The first-order chi connectivity index (χ1) is 7.31. The molecule has 15 heavy (non-hydrogen) atoms. The summed E-state index contributed by atoms with van der Waals surface area (Å²) in [5, 5.41) is 0. The Morgan fingerprint density at radius 2 is 2.33 bits per heavy atom. The zero-order chi connectivity index (χ0) is 10.7. The number of benzene rings is 1. The number of imidazole rings is 1. The largest absolute Gasteiger partial charge is 0.347 e. The molecule has 0 radical (unpaired) electrons. The van der Waals surface area contributed by atoms with Gasteiger partial charge in [0.05, 0.1) is 0 Å². The third-order valence-corrected chi connectivity index (χ3v) is 2.33. The van der Waals surface area contributed by atoms with Gasteiger partial charge in [0.2, 0.25) is 0 Å². The lowest BCUT2D eigenvalue weighted by molar-refractivity contribution is 0.607. The van der Waals surface area contributed by atoms with Crippen LogP contribution in [0.1, 0.15) is 23.0 Å². The highest BCUT2D eigenvalue weighted by Gasteiger charge is 2.13. The Kier molecular flexibility index (Phi) is 2.80. The van der Waals surface area contributed by atoms with Crippen LogP contribution >= 0.6 is 0 Å². The Labute approximate surface area is 88.5 Å². The highest BCUT2D eigenvalue weighted by molar-refractivity contribution is 5.28. The summed E-state index contributed by atoms with van der Waals surface area (Å²) in [5.41, 5.74) is 5.07. The van der Waals surface area contributed by atoms with Gasteiger partial charge >= 0.3 is 0 Å². The number of nitrogens with two attached hydrogens (primary N) is 1. The summed E-state index contributed by atoms with van der Waals surface area (Å²) >= 11 is 0. The molecule has 4 nitrogen and oxygen atoms in total. The van der Waals surface area contributed by atoms with Crippen LogP contribution in [0.4, 0.5) is 0 Å². The number of rotatable bonds is 3. The summed E-state index contributed by atoms with van der Waals surface area (Å²) in [4.78, 5) is 7.25. The molecule has 4 heteroatoms. The molecule has 0 aliphatic heterocycles. The number of hydrogen-bond donors (Lipinski definition) is 3. The summed E-state index contributed by atoms with van der Waals surface area (Å²) in [6, 6.07) is 8.10. The van der Waals surface area contributed by atoms with E-state index in [-0.39, 0.29) is 6.04 Å². The van der Waals surface area contributed by atoms with Gasteiger partial charge < -0.3 is 4.98 Å². The Bertz CT molecular complexity index is 422. The fourth-order valence-electron chi connectivity index (χ4n) is 1.62. The minimum absolute atomic E-state index is 0.0834. The molecule has 1 aromatic heterocycles. The first kappa shape index (κ1) is 9.89. The van der Waals surface area contributed by atoms with Crippen molar-refractivity contribution in [3.05, 3.63) is 53.6 Å². The van der Waals surface area contributed by atoms with Crippen molar-refractivity contribution in [2.24, 2.45) is 5.84 Å². The SMILES string of the molecule is Cc1cccc(C(NN)c2ncc[nH]2)c1. The lowest BCUT2D eigenvalue weighted by Crippen LogP contribution is -2.29. The molecule has 1 aromatic carbocycles. The number of aromatic amines is 1. The van der Waals surface area contributed by atoms with E-state index >= 15 is 0 Å². The zero-order valence-electron chi connectivity index (χ0n) is 8.57. The van der Waals surface area contributed by atoms with E-state index in [4.69, 9.17) is 5.84 Å². The van der Waals surface area contributed by atoms with Crippen LogP contribution in [0.25, 0.3) is 0 Å². The van der Waals surface area contributed by atoms with Gasteiger partial charge in [0.15, 0.2) is 0 Å². The lowest BCUT2D eigenvalue weighted by Gasteiger charge is -2.14. The Balaban J connectivity index is 2.35. The van der Waals surface area contributed by atoms with Gasteiger partial charge in [-0.05, 0) is 12.5 Å². The lowest BCUT2D eigenvalue weighted by atomic mass is 10.0. The second-order valence-corrected chi connectivity index (χ2v) is 3.49. The maximum atomic E-state index is 5.54. The van der Waals surface area contributed by atoms with Crippen LogP contribution in [0.5, 0.6) is 0 Å². The Hall–Kier alpha value is -1.65. The van der Waals surface area contributed by atoms with Gasteiger partial charge in [-0.25, -0.2) is 10.4 Å². The molecule has 1 unspecified atom stereocenters. The maximum absolute atomic E-state index is 5.54. The molecule has 4 N–H and O–H groups in total. The minimum atomic E-state index is -0.0834. The second kappa shape index (κ2) is 4.25. The third kappa shape index (κ3) is 2.06. The van der Waals surface area contributed by atoms with Gasteiger partial charge in [-0.3, -0.25) is 5.84 Å². The predicted molar refractivity (Wildman–Crippen MR) is 58.9 cm³/mol. The molecule has 78 valence electrons. The summed E-state index contributed by atoms with van der Waals surface area (Å²) in [6.45, 7) is 2.05. The standard InChI is InChI=1S/C11H14N4/c1-8-3-2-4-9(7-8)10(15-12)11-13-5-6-14-11/h2-7,10,15H,12H2,1H3,(H,13,14). The van der Waals surface area contributed by atoms with E-state index in [1.165, 1.54) is 5.56 Å². The van der Waals surface area contributed by atoms with Gasteiger partial charge in [-0.2, -0.15) is 0 Å².